The fourth-order valence-electron chi connectivity index (χ4n) is 7.07. The Morgan fingerprint density at radius 3 is 1.63 bits per heavy atom. The number of hydrogen-bond acceptors (Lipinski definition) is 15. The number of H-pyrrole nitrogens is 1. The number of benzene rings is 4. The molecule has 0 aliphatic carbocycles. The van der Waals surface area contributed by atoms with Gasteiger partial charge in [-0.1, -0.05) is 52.3 Å². The summed E-state index contributed by atoms with van der Waals surface area (Å²) in [5.74, 6) is 0. The second kappa shape index (κ2) is 30.9. The number of nitrogens with zero attached hydrogens (tertiary/aromatic N) is 7. The number of aromatic amines is 1. The Morgan fingerprint density at radius 2 is 1.14 bits per heavy atom. The van der Waals surface area contributed by atoms with Crippen LogP contribution in [0, 0.1) is 42.9 Å². The van der Waals surface area contributed by atoms with Gasteiger partial charge in [-0.3, -0.25) is 43.7 Å². The molecule has 0 amide bonds. The van der Waals surface area contributed by atoms with Crippen molar-refractivity contribution in [1.82, 2.24) is 18.7 Å². The largest absolute Gasteiger partial charge is 1.00 e. The molecule has 8 aromatic rings. The molecule has 4 heterocycles. The van der Waals surface area contributed by atoms with Gasteiger partial charge in [-0.2, -0.15) is 10.5 Å². The Bertz CT molecular complexity index is 3280. The first kappa shape index (κ1) is 60.5. The Balaban J connectivity index is 0.000000395. The maximum atomic E-state index is 13.2. The summed E-state index contributed by atoms with van der Waals surface area (Å²) < 4.78 is 25.3. The van der Waals surface area contributed by atoms with Gasteiger partial charge in [-0.15, -0.1) is 0 Å². The average Bonchev–Trinajstić information content (AvgIpc) is 3.90. The zero-order valence-corrected chi connectivity index (χ0v) is 46.8. The van der Waals surface area contributed by atoms with Gasteiger partial charge < -0.3 is 40.1 Å². The van der Waals surface area contributed by atoms with Crippen molar-refractivity contribution in [3.8, 4) is 23.5 Å². The van der Waals surface area contributed by atoms with Gasteiger partial charge in [-0.05, 0) is 48.5 Å². The van der Waals surface area contributed by atoms with Crippen molar-refractivity contribution in [2.24, 2.45) is 0 Å². The number of fused-ring (bicyclic) bond motifs is 6. The van der Waals surface area contributed by atoms with E-state index in [9.17, 15) is 40.3 Å². The number of ether oxygens (including phenoxy) is 4. The average molecular weight is 1090 g/mol. The van der Waals surface area contributed by atoms with Gasteiger partial charge in [-0.25, -0.2) is 0 Å². The minimum absolute atomic E-state index is 0. The molecule has 0 fully saturated rings. The predicted octanol–water partition coefficient (Wildman–Crippen LogP) is 0.240. The molecule has 8 rings (SSSR count). The number of carbonyl (C=O) groups excluding carboxylic acids is 1. The minimum Gasteiger partial charge on any atom is -1.00 e. The Kier molecular flexibility index (Phi) is 26.3. The predicted molar refractivity (Wildman–Crippen MR) is 257 cm³/mol. The smallest absolute Gasteiger partial charge is 1.00 e. The van der Waals surface area contributed by atoms with E-state index in [4.69, 9.17) is 29.0 Å². The van der Waals surface area contributed by atoms with Gasteiger partial charge in [0.1, 0.15) is 23.3 Å². The number of carbonyl (C=O) groups is 1. The zero-order valence-electron chi connectivity index (χ0n) is 39.9. The van der Waals surface area contributed by atoms with Crippen LogP contribution in [0.1, 0.15) is 12.6 Å². The van der Waals surface area contributed by atoms with Crippen LogP contribution in [0.2, 0.25) is 0 Å². The van der Waals surface area contributed by atoms with E-state index in [-0.39, 0.29) is 133 Å². The number of hydrogen-bond donors (Lipinski definition) is 1. The summed E-state index contributed by atoms with van der Waals surface area (Å²) in [6.07, 6.45) is 0. The molecular formula is C47H43BrK2N8O13. The van der Waals surface area contributed by atoms with Crippen molar-refractivity contribution in [1.29, 1.82) is 10.5 Å². The first-order chi connectivity index (χ1) is 33.5. The van der Waals surface area contributed by atoms with Crippen LogP contribution in [0.4, 0.5) is 11.4 Å². The van der Waals surface area contributed by atoms with E-state index in [0.29, 0.717) is 73.0 Å². The molecule has 4 aromatic heterocycles. The summed E-state index contributed by atoms with van der Waals surface area (Å²) in [6.45, 7) is 3.86. The molecule has 1 N–H and O–H groups in total. The quantitative estimate of drug-likeness (QED) is 0.0258. The molecule has 24 heteroatoms. The maximum absolute atomic E-state index is 13.2. The molecule has 21 nitrogen and oxygen atoms in total. The van der Waals surface area contributed by atoms with E-state index < -0.39 is 21.0 Å². The van der Waals surface area contributed by atoms with E-state index in [0.717, 1.165) is 33.7 Å². The van der Waals surface area contributed by atoms with Crippen LogP contribution in [0.5, 0.6) is 0 Å². The Hall–Kier alpha value is -4.82. The van der Waals surface area contributed by atoms with Gasteiger partial charge in [0.15, 0.2) is 0 Å². The monoisotopic (exact) mass is 1080 g/mol. The van der Waals surface area contributed by atoms with E-state index in [1.807, 2.05) is 65.2 Å². The number of aromatic nitrogens is 4. The summed E-state index contributed by atoms with van der Waals surface area (Å²) in [6, 6.07) is 33.5. The molecule has 0 saturated heterocycles. The Labute approximate surface area is 499 Å². The van der Waals surface area contributed by atoms with Gasteiger partial charge in [0, 0.05) is 78.0 Å². The van der Waals surface area contributed by atoms with Crippen molar-refractivity contribution < 1.29 is 148 Å². The number of non-ortho nitro benzene ring substituents is 2. The van der Waals surface area contributed by atoms with Crippen LogP contribution in [0.3, 0.4) is 0 Å². The van der Waals surface area contributed by atoms with Crippen LogP contribution in [0.15, 0.2) is 119 Å². The van der Waals surface area contributed by atoms with Gasteiger partial charge in [0.05, 0.1) is 77.1 Å². The molecule has 0 saturated carbocycles. The van der Waals surface area contributed by atoms with E-state index in [2.05, 4.69) is 25.8 Å². The number of nitro benzene ring substituents is 2. The summed E-state index contributed by atoms with van der Waals surface area (Å²) in [7, 11) is 3.27. The van der Waals surface area contributed by atoms with Gasteiger partial charge in [0.2, 0.25) is 0 Å². The molecule has 358 valence electrons. The van der Waals surface area contributed by atoms with Crippen LogP contribution in [-0.4, -0.2) is 94.2 Å². The number of alkyl halides is 1. The second-order valence-electron chi connectivity index (χ2n) is 14.1. The number of methoxy groups -OCH3 is 2. The summed E-state index contributed by atoms with van der Waals surface area (Å²) >= 11 is 3.24. The van der Waals surface area contributed by atoms with Crippen molar-refractivity contribution in [2.45, 2.75) is 6.54 Å². The maximum Gasteiger partial charge on any atom is 1.00 e. The van der Waals surface area contributed by atoms with Gasteiger partial charge >= 0.3 is 103 Å². The molecule has 0 aliphatic heterocycles. The normalized spacial score (nSPS) is 10.2. The van der Waals surface area contributed by atoms with Crippen molar-refractivity contribution in [2.75, 3.05) is 59.2 Å². The number of rotatable bonds is 16. The van der Waals surface area contributed by atoms with Crippen LogP contribution in [0.25, 0.3) is 55.2 Å². The fraction of sp³-hybridized carbons (Fsp3) is 0.213. The third-order valence-corrected chi connectivity index (χ3v) is 10.4. The topological polar surface area (TPSA) is 285 Å². The summed E-state index contributed by atoms with van der Waals surface area (Å²) in [5.41, 5.74) is 4.15. The molecule has 0 spiro atoms. The number of halogens is 1. The molecule has 71 heavy (non-hydrogen) atoms. The van der Waals surface area contributed by atoms with Crippen molar-refractivity contribution >= 4 is 77.6 Å². The third-order valence-electron chi connectivity index (χ3n) is 10.0. The zero-order chi connectivity index (χ0) is 49.9. The Morgan fingerprint density at radius 1 is 0.662 bits per heavy atom. The van der Waals surface area contributed by atoms with Crippen molar-refractivity contribution in [3.63, 3.8) is 0 Å². The van der Waals surface area contributed by atoms with Gasteiger partial charge in [0.25, 0.3) is 29.0 Å². The second-order valence-corrected chi connectivity index (χ2v) is 14.9. The van der Waals surface area contributed by atoms with Crippen LogP contribution < -0.4 is 119 Å². The van der Waals surface area contributed by atoms with Crippen LogP contribution >= 0.6 is 15.9 Å². The fourth-order valence-corrected chi connectivity index (χ4v) is 7.30. The van der Waals surface area contributed by atoms with E-state index >= 15 is 0 Å². The molecule has 0 atom stereocenters. The first-order valence-corrected chi connectivity index (χ1v) is 21.7. The third kappa shape index (κ3) is 15.4. The van der Waals surface area contributed by atoms with E-state index in [1.54, 1.807) is 20.3 Å². The number of nitriles is 2. The summed E-state index contributed by atoms with van der Waals surface area (Å²) in [4.78, 5) is 61.3. The number of nitro groups is 2. The minimum atomic E-state index is -0.500. The SMILES string of the molecule is COCCOCCBr.COCCOCCn1c2ccccc2c2c1cc(C#N)c(=O)n2-c1ccc([N+](=O)[O-])cc1.N#Cc1cc2[nH]c3ccccc3c2n(-c2ccc([N+](=O)[O-])cc2)c1=O.O=CO[O-].[H-].[K+].[K+]. The first-order valence-electron chi connectivity index (χ1n) is 20.5. The molecule has 0 aliphatic rings. The molecule has 4 aromatic carbocycles. The molecule has 0 unspecified atom stereocenters. The number of para-hydroxylation sites is 2. The van der Waals surface area contributed by atoms with E-state index in [1.165, 1.54) is 63.7 Å². The summed E-state index contributed by atoms with van der Waals surface area (Å²) in [5, 5.41) is 51.8. The number of pyridine rings is 2. The molecule has 0 bridgehead atoms. The molecular weight excluding hydrogens is 1040 g/mol. The number of nitrogens with one attached hydrogen (secondary N) is 1. The standard InChI is InChI=1S/C23H20N4O5.C18H10N4O3.C5H11BrO2.CH2O3.2K.H/c1-31-12-13-32-11-10-25-20-5-3-2-4-19(20)22-21(25)14-16(15-24)23(28)26(22)17-6-8-18(9-7-17)27(29)30;19-10-11-9-16-17(14-3-1-2-4-15(14)20-16)21(18(11)23)12-5-7-13(8-6-12)22(24)25;1-7-4-5-8-3-2-6;2-1-4-3;;;/h2-9,14H,10-13H2,1H3;1-9,20H;2-5H2,1H3;1,3H;;;/q;;;;2*+1;-1/p-1. The molecule has 0 radical (unpaired) electrons. The van der Waals surface area contributed by atoms with Crippen LogP contribution in [-0.2, 0) is 35.2 Å². The van der Waals surface area contributed by atoms with Crippen molar-refractivity contribution in [3.05, 3.63) is 161 Å².